The lowest BCUT2D eigenvalue weighted by Gasteiger charge is -2.32. The number of rotatable bonds is 4. The second-order valence-electron chi connectivity index (χ2n) is 5.76. The summed E-state index contributed by atoms with van der Waals surface area (Å²) in [5.41, 5.74) is 0. The summed E-state index contributed by atoms with van der Waals surface area (Å²) in [6.45, 7) is 3.49. The van der Waals surface area contributed by atoms with Gasteiger partial charge in [0.1, 0.15) is 5.82 Å². The number of anilines is 2. The van der Waals surface area contributed by atoms with Gasteiger partial charge in [-0.1, -0.05) is 0 Å². The molecule has 0 unspecified atom stereocenters. The maximum Gasteiger partial charge on any atom is 0.226 e. The summed E-state index contributed by atoms with van der Waals surface area (Å²) in [5, 5.41) is 0. The Morgan fingerprint density at radius 2 is 2.16 bits per heavy atom. The van der Waals surface area contributed by atoms with E-state index in [0.29, 0.717) is 0 Å². The fourth-order valence-corrected chi connectivity index (χ4v) is 2.67. The monoisotopic (exact) mass is 263 g/mol. The highest BCUT2D eigenvalue weighted by atomic mass is 15.3. The van der Waals surface area contributed by atoms with E-state index < -0.39 is 0 Å². The van der Waals surface area contributed by atoms with Crippen molar-refractivity contribution < 1.29 is 0 Å². The van der Waals surface area contributed by atoms with Crippen LogP contribution >= 0.6 is 0 Å². The van der Waals surface area contributed by atoms with Gasteiger partial charge < -0.3 is 14.7 Å². The Morgan fingerprint density at radius 1 is 1.37 bits per heavy atom. The van der Waals surface area contributed by atoms with Crippen LogP contribution < -0.4 is 9.80 Å². The molecule has 0 bridgehead atoms. The van der Waals surface area contributed by atoms with Crippen molar-refractivity contribution >= 4 is 11.8 Å². The first kappa shape index (κ1) is 14.1. The average molecular weight is 263 g/mol. The van der Waals surface area contributed by atoms with Crippen molar-refractivity contribution in [2.45, 2.75) is 12.8 Å². The molecule has 5 heteroatoms. The van der Waals surface area contributed by atoms with Gasteiger partial charge in [-0.3, -0.25) is 0 Å². The van der Waals surface area contributed by atoms with Crippen molar-refractivity contribution in [1.29, 1.82) is 0 Å². The Labute approximate surface area is 116 Å². The van der Waals surface area contributed by atoms with Gasteiger partial charge in [0.25, 0.3) is 0 Å². The lowest BCUT2D eigenvalue weighted by molar-refractivity contribution is 0.213. The van der Waals surface area contributed by atoms with E-state index in [0.717, 1.165) is 24.2 Å². The zero-order valence-electron chi connectivity index (χ0n) is 12.5. The van der Waals surface area contributed by atoms with E-state index in [-0.39, 0.29) is 0 Å². The van der Waals surface area contributed by atoms with Crippen LogP contribution in [0.25, 0.3) is 0 Å². The van der Waals surface area contributed by atoms with Crippen molar-refractivity contribution in [3.63, 3.8) is 0 Å². The molecular formula is C14H25N5. The summed E-state index contributed by atoms with van der Waals surface area (Å²) in [7, 11) is 8.27. The Kier molecular flexibility index (Phi) is 4.58. The van der Waals surface area contributed by atoms with Crippen LogP contribution in [0.5, 0.6) is 0 Å². The minimum Gasteiger partial charge on any atom is -0.359 e. The molecule has 2 rings (SSSR count). The highest BCUT2D eigenvalue weighted by Crippen LogP contribution is 2.19. The normalized spacial score (nSPS) is 20.3. The third kappa shape index (κ3) is 3.80. The first-order valence-electron chi connectivity index (χ1n) is 6.96. The van der Waals surface area contributed by atoms with Crippen LogP contribution in [-0.2, 0) is 0 Å². The standard InChI is InChI=1S/C14H25N5/c1-17(2)14-15-8-7-13(16-14)19(4)11-12-6-5-9-18(3)10-12/h7-8,12H,5-6,9-11H2,1-4H3/t12-/m0/s1. The SMILES string of the molecule is CN1CCC[C@H](CN(C)c2ccnc(N(C)C)n2)C1. The Hall–Kier alpha value is -1.36. The van der Waals surface area contributed by atoms with Crippen molar-refractivity contribution in [2.24, 2.45) is 5.92 Å². The maximum absolute atomic E-state index is 4.58. The largest absolute Gasteiger partial charge is 0.359 e. The predicted octanol–water partition coefficient (Wildman–Crippen LogP) is 1.32. The highest BCUT2D eigenvalue weighted by Gasteiger charge is 2.19. The van der Waals surface area contributed by atoms with E-state index in [1.807, 2.05) is 31.3 Å². The van der Waals surface area contributed by atoms with Gasteiger partial charge in [0.05, 0.1) is 0 Å². The number of piperidine rings is 1. The molecule has 1 aromatic rings. The van der Waals surface area contributed by atoms with Gasteiger partial charge in [0.2, 0.25) is 5.95 Å². The van der Waals surface area contributed by atoms with E-state index in [2.05, 4.69) is 33.9 Å². The summed E-state index contributed by atoms with van der Waals surface area (Å²) in [4.78, 5) is 15.5. The zero-order chi connectivity index (χ0) is 13.8. The maximum atomic E-state index is 4.58. The molecule has 0 radical (unpaired) electrons. The van der Waals surface area contributed by atoms with E-state index >= 15 is 0 Å². The summed E-state index contributed by atoms with van der Waals surface area (Å²) in [6.07, 6.45) is 4.46. The summed E-state index contributed by atoms with van der Waals surface area (Å²) in [6, 6.07) is 1.99. The fraction of sp³-hybridized carbons (Fsp3) is 0.714. The van der Waals surface area contributed by atoms with Crippen LogP contribution in [0.15, 0.2) is 12.3 Å². The van der Waals surface area contributed by atoms with Crippen molar-refractivity contribution in [3.05, 3.63) is 12.3 Å². The Bertz CT molecular complexity index is 407. The molecule has 2 heterocycles. The minimum absolute atomic E-state index is 0.738. The number of aromatic nitrogens is 2. The predicted molar refractivity (Wildman–Crippen MR) is 79.9 cm³/mol. The first-order chi connectivity index (χ1) is 9.06. The van der Waals surface area contributed by atoms with Crippen molar-refractivity contribution in [3.8, 4) is 0 Å². The summed E-state index contributed by atoms with van der Waals surface area (Å²) in [5.74, 6) is 2.51. The molecular weight excluding hydrogens is 238 g/mol. The zero-order valence-corrected chi connectivity index (χ0v) is 12.5. The van der Waals surface area contributed by atoms with Gasteiger partial charge in [-0.2, -0.15) is 4.98 Å². The van der Waals surface area contributed by atoms with Crippen LogP contribution in [0.3, 0.4) is 0 Å². The van der Waals surface area contributed by atoms with E-state index in [9.17, 15) is 0 Å². The van der Waals surface area contributed by atoms with Gasteiger partial charge >= 0.3 is 0 Å². The molecule has 1 saturated heterocycles. The summed E-state index contributed by atoms with van der Waals surface area (Å²) < 4.78 is 0. The average Bonchev–Trinajstić information content (AvgIpc) is 2.39. The smallest absolute Gasteiger partial charge is 0.226 e. The molecule has 1 aliphatic heterocycles. The second kappa shape index (κ2) is 6.19. The third-order valence-corrected chi connectivity index (χ3v) is 3.67. The third-order valence-electron chi connectivity index (χ3n) is 3.67. The van der Waals surface area contributed by atoms with Crippen LogP contribution in [0.4, 0.5) is 11.8 Å². The quantitative estimate of drug-likeness (QED) is 0.819. The number of nitrogens with zero attached hydrogens (tertiary/aromatic N) is 5. The van der Waals surface area contributed by atoms with E-state index in [4.69, 9.17) is 0 Å². The molecule has 1 atom stereocenters. The number of likely N-dealkylation sites (tertiary alicyclic amines) is 1. The van der Waals surface area contributed by atoms with Crippen LogP contribution in [0, 0.1) is 5.92 Å². The number of hydrogen-bond acceptors (Lipinski definition) is 5. The van der Waals surface area contributed by atoms with Gasteiger partial charge in [0, 0.05) is 40.4 Å². The Balaban J connectivity index is 1.99. The molecule has 0 spiro atoms. The molecule has 1 aromatic heterocycles. The van der Waals surface area contributed by atoms with Crippen molar-refractivity contribution in [2.75, 3.05) is 57.6 Å². The number of hydrogen-bond donors (Lipinski definition) is 0. The van der Waals surface area contributed by atoms with Gasteiger partial charge in [-0.25, -0.2) is 4.98 Å². The molecule has 0 saturated carbocycles. The lowest BCUT2D eigenvalue weighted by atomic mass is 9.98. The van der Waals surface area contributed by atoms with Crippen LogP contribution in [-0.4, -0.2) is 62.7 Å². The van der Waals surface area contributed by atoms with Gasteiger partial charge in [-0.15, -0.1) is 0 Å². The van der Waals surface area contributed by atoms with Gasteiger partial charge in [-0.05, 0) is 38.4 Å². The molecule has 106 valence electrons. The fourth-order valence-electron chi connectivity index (χ4n) is 2.67. The molecule has 1 fully saturated rings. The van der Waals surface area contributed by atoms with Gasteiger partial charge in [0.15, 0.2) is 0 Å². The summed E-state index contributed by atoms with van der Waals surface area (Å²) >= 11 is 0. The second-order valence-corrected chi connectivity index (χ2v) is 5.76. The van der Waals surface area contributed by atoms with E-state index in [1.54, 1.807) is 0 Å². The molecule has 5 nitrogen and oxygen atoms in total. The van der Waals surface area contributed by atoms with Crippen LogP contribution in [0.2, 0.25) is 0 Å². The topological polar surface area (TPSA) is 35.5 Å². The molecule has 0 aliphatic carbocycles. The van der Waals surface area contributed by atoms with E-state index in [1.165, 1.54) is 25.9 Å². The minimum atomic E-state index is 0.738. The molecule has 0 amide bonds. The molecule has 0 N–H and O–H groups in total. The molecule has 1 aliphatic rings. The first-order valence-corrected chi connectivity index (χ1v) is 6.96. The molecule has 0 aromatic carbocycles. The lowest BCUT2D eigenvalue weighted by Crippen LogP contribution is -2.38. The van der Waals surface area contributed by atoms with Crippen LogP contribution in [0.1, 0.15) is 12.8 Å². The van der Waals surface area contributed by atoms with Crippen molar-refractivity contribution in [1.82, 2.24) is 14.9 Å². The Morgan fingerprint density at radius 3 is 2.84 bits per heavy atom. The highest BCUT2D eigenvalue weighted by molar-refractivity contribution is 5.42. The molecule has 19 heavy (non-hydrogen) atoms.